The second-order valence-electron chi connectivity index (χ2n) is 4.94. The summed E-state index contributed by atoms with van der Waals surface area (Å²) in [5.41, 5.74) is 5.44. The Morgan fingerprint density at radius 1 is 1.22 bits per heavy atom. The quantitative estimate of drug-likeness (QED) is 0.844. The van der Waals surface area contributed by atoms with E-state index in [0.717, 1.165) is 4.88 Å². The van der Waals surface area contributed by atoms with Crippen molar-refractivity contribution in [3.8, 4) is 0 Å². The lowest BCUT2D eigenvalue weighted by Gasteiger charge is -2.21. The monoisotopic (exact) mass is 335 g/mol. The summed E-state index contributed by atoms with van der Waals surface area (Å²) in [6, 6.07) is 9.16. The van der Waals surface area contributed by atoms with Gasteiger partial charge in [-0.2, -0.15) is 0 Å². The van der Waals surface area contributed by atoms with Crippen molar-refractivity contribution in [1.29, 1.82) is 0 Å². The molecule has 122 valence electrons. The summed E-state index contributed by atoms with van der Waals surface area (Å²) in [6.45, 7) is 4.39. The molecule has 0 radical (unpaired) electrons. The lowest BCUT2D eigenvalue weighted by molar-refractivity contribution is 0.0934. The molecule has 3 amide bonds. The Kier molecular flexibility index (Phi) is 5.70. The molecule has 0 atom stereocenters. The number of nitrogens with one attached hydrogen (secondary N) is 2. The second kappa shape index (κ2) is 7.73. The van der Waals surface area contributed by atoms with Crippen LogP contribution in [0.5, 0.6) is 0 Å². The van der Waals surface area contributed by atoms with Crippen LogP contribution in [0.2, 0.25) is 0 Å². The van der Waals surface area contributed by atoms with Crippen molar-refractivity contribution in [2.24, 2.45) is 0 Å². The third-order valence-corrected chi connectivity index (χ3v) is 4.18. The summed E-state index contributed by atoms with van der Waals surface area (Å²) in [6.07, 6.45) is 0. The highest BCUT2D eigenvalue weighted by molar-refractivity contribution is 7.13. The molecule has 0 aliphatic rings. The lowest BCUT2D eigenvalue weighted by Crippen LogP contribution is -2.48. The van der Waals surface area contributed by atoms with E-state index in [4.69, 9.17) is 0 Å². The van der Waals surface area contributed by atoms with Crippen LogP contribution >= 0.6 is 11.3 Å². The first-order chi connectivity index (χ1) is 11.0. The van der Waals surface area contributed by atoms with Gasteiger partial charge in [-0.3, -0.25) is 10.2 Å². The summed E-state index contributed by atoms with van der Waals surface area (Å²) in [5.74, 6) is -0.710. The maximum absolute atomic E-state index is 13.2. The van der Waals surface area contributed by atoms with Crippen molar-refractivity contribution in [2.45, 2.75) is 20.4 Å². The highest BCUT2D eigenvalue weighted by Crippen LogP contribution is 2.14. The summed E-state index contributed by atoms with van der Waals surface area (Å²) < 4.78 is 13.2. The Hall–Kier alpha value is -2.41. The number of amides is 3. The van der Waals surface area contributed by atoms with E-state index < -0.39 is 6.03 Å². The van der Waals surface area contributed by atoms with Gasteiger partial charge in [0.25, 0.3) is 5.91 Å². The van der Waals surface area contributed by atoms with E-state index in [0.29, 0.717) is 17.0 Å². The Morgan fingerprint density at radius 2 is 2.00 bits per heavy atom. The van der Waals surface area contributed by atoms with Gasteiger partial charge in [0.2, 0.25) is 0 Å². The van der Waals surface area contributed by atoms with E-state index in [1.807, 2.05) is 19.9 Å². The van der Waals surface area contributed by atoms with Gasteiger partial charge in [0.05, 0.1) is 4.88 Å². The molecular weight excluding hydrogens is 317 g/mol. The third-order valence-electron chi connectivity index (χ3n) is 3.18. The molecule has 1 heterocycles. The van der Waals surface area contributed by atoms with Crippen molar-refractivity contribution < 1.29 is 14.0 Å². The number of urea groups is 1. The number of benzene rings is 1. The van der Waals surface area contributed by atoms with E-state index in [-0.39, 0.29) is 18.3 Å². The maximum atomic E-state index is 13.2. The molecule has 23 heavy (non-hydrogen) atoms. The Labute approximate surface area is 138 Å². The summed E-state index contributed by atoms with van der Waals surface area (Å²) in [5, 5.41) is 0. The largest absolute Gasteiger partial charge is 0.336 e. The van der Waals surface area contributed by atoms with Gasteiger partial charge in [-0.15, -0.1) is 11.3 Å². The zero-order valence-electron chi connectivity index (χ0n) is 12.9. The summed E-state index contributed by atoms with van der Waals surface area (Å²) in [4.78, 5) is 27.0. The van der Waals surface area contributed by atoms with Crippen LogP contribution in [0.25, 0.3) is 0 Å². The van der Waals surface area contributed by atoms with Crippen molar-refractivity contribution in [3.05, 3.63) is 57.5 Å². The zero-order valence-corrected chi connectivity index (χ0v) is 13.7. The number of thiophene rings is 1. The first kappa shape index (κ1) is 17.0. The van der Waals surface area contributed by atoms with Crippen LogP contribution in [-0.2, 0) is 6.54 Å². The van der Waals surface area contributed by atoms with Crippen molar-refractivity contribution in [3.63, 3.8) is 0 Å². The molecule has 0 unspecified atom stereocenters. The number of hydrogen-bond donors (Lipinski definition) is 2. The van der Waals surface area contributed by atoms with Crippen LogP contribution < -0.4 is 10.9 Å². The van der Waals surface area contributed by atoms with Crippen molar-refractivity contribution in [1.82, 2.24) is 15.8 Å². The Bertz CT molecular complexity index is 702. The predicted octanol–water partition coefficient (Wildman–Crippen LogP) is 3.07. The Morgan fingerprint density at radius 3 is 2.61 bits per heavy atom. The van der Waals surface area contributed by atoms with Crippen LogP contribution in [0.1, 0.15) is 27.0 Å². The van der Waals surface area contributed by atoms with Gasteiger partial charge in [-0.1, -0.05) is 12.1 Å². The van der Waals surface area contributed by atoms with Gasteiger partial charge >= 0.3 is 6.03 Å². The molecule has 0 fully saturated rings. The fourth-order valence-corrected chi connectivity index (χ4v) is 2.75. The number of carbonyl (C=O) groups excluding carboxylic acids is 2. The van der Waals surface area contributed by atoms with E-state index in [9.17, 15) is 14.0 Å². The van der Waals surface area contributed by atoms with Gasteiger partial charge in [0.15, 0.2) is 0 Å². The second-order valence-corrected chi connectivity index (χ2v) is 6.23. The smallest absolute Gasteiger partial charge is 0.319 e. The third kappa shape index (κ3) is 4.79. The van der Waals surface area contributed by atoms with Crippen LogP contribution in [0.3, 0.4) is 0 Å². The SMILES string of the molecule is CCN(Cc1cccc(F)c1)C(=O)NNC(=O)c1ccc(C)s1. The number of hydrazine groups is 1. The summed E-state index contributed by atoms with van der Waals surface area (Å²) >= 11 is 1.35. The molecule has 2 rings (SSSR count). The standard InChI is InChI=1S/C16H18FN3O2S/c1-3-20(10-12-5-4-6-13(17)9-12)16(22)19-18-15(21)14-8-7-11(2)23-14/h4-9H,3,10H2,1-2H3,(H,18,21)(H,19,22). The maximum Gasteiger partial charge on any atom is 0.336 e. The first-order valence-corrected chi connectivity index (χ1v) is 7.97. The van der Waals surface area contributed by atoms with E-state index in [1.54, 1.807) is 18.2 Å². The number of aryl methyl sites for hydroxylation is 1. The van der Waals surface area contributed by atoms with Gasteiger partial charge < -0.3 is 4.90 Å². The number of hydrogen-bond acceptors (Lipinski definition) is 3. The van der Waals surface area contributed by atoms with E-state index in [1.165, 1.54) is 28.4 Å². The minimum absolute atomic E-state index is 0.258. The first-order valence-electron chi connectivity index (χ1n) is 7.15. The molecule has 5 nitrogen and oxygen atoms in total. The minimum Gasteiger partial charge on any atom is -0.319 e. The molecule has 2 N–H and O–H groups in total. The topological polar surface area (TPSA) is 61.4 Å². The van der Waals surface area contributed by atoms with Gasteiger partial charge in [0, 0.05) is 18.0 Å². The molecule has 0 aliphatic heterocycles. The van der Waals surface area contributed by atoms with Crippen molar-refractivity contribution >= 4 is 23.3 Å². The number of rotatable bonds is 4. The fraction of sp³-hybridized carbons (Fsp3) is 0.250. The van der Waals surface area contributed by atoms with Crippen molar-refractivity contribution in [2.75, 3.05) is 6.54 Å². The Balaban J connectivity index is 1.91. The number of halogens is 1. The predicted molar refractivity (Wildman–Crippen MR) is 87.5 cm³/mol. The van der Waals surface area contributed by atoms with Gasteiger partial charge in [0.1, 0.15) is 5.82 Å². The number of carbonyl (C=O) groups is 2. The summed E-state index contributed by atoms with van der Waals surface area (Å²) in [7, 11) is 0. The molecule has 0 spiro atoms. The highest BCUT2D eigenvalue weighted by Gasteiger charge is 2.14. The van der Waals surface area contributed by atoms with Gasteiger partial charge in [-0.05, 0) is 43.7 Å². The van der Waals surface area contributed by atoms with Gasteiger partial charge in [-0.25, -0.2) is 14.6 Å². The van der Waals surface area contributed by atoms with E-state index in [2.05, 4.69) is 10.9 Å². The molecule has 1 aromatic carbocycles. The van der Waals surface area contributed by atoms with Crippen LogP contribution in [0, 0.1) is 12.7 Å². The normalized spacial score (nSPS) is 10.2. The molecule has 7 heteroatoms. The molecular formula is C16H18FN3O2S. The highest BCUT2D eigenvalue weighted by atomic mass is 32.1. The molecule has 1 aromatic heterocycles. The average molecular weight is 335 g/mol. The molecule has 0 saturated heterocycles. The van der Waals surface area contributed by atoms with Crippen LogP contribution in [0.4, 0.5) is 9.18 Å². The minimum atomic E-state index is -0.446. The average Bonchev–Trinajstić information content (AvgIpc) is 2.96. The number of nitrogens with zero attached hydrogens (tertiary/aromatic N) is 1. The molecule has 2 aromatic rings. The van der Waals surface area contributed by atoms with Crippen LogP contribution in [-0.4, -0.2) is 23.4 Å². The fourth-order valence-electron chi connectivity index (χ4n) is 1.99. The zero-order chi connectivity index (χ0) is 16.8. The molecule has 0 saturated carbocycles. The van der Waals surface area contributed by atoms with E-state index >= 15 is 0 Å². The molecule has 0 bridgehead atoms. The lowest BCUT2D eigenvalue weighted by atomic mass is 10.2. The molecule has 0 aliphatic carbocycles. The van der Waals surface area contributed by atoms with Crippen LogP contribution in [0.15, 0.2) is 36.4 Å².